The lowest BCUT2D eigenvalue weighted by molar-refractivity contribution is -0.119. The topological polar surface area (TPSA) is 44.5 Å². The maximum absolute atomic E-state index is 6.17. The summed E-state index contributed by atoms with van der Waals surface area (Å²) in [4.78, 5) is 0. The maximum atomic E-state index is 6.17. The molecule has 0 aromatic rings. The van der Waals surface area contributed by atoms with E-state index in [9.17, 15) is 0 Å². The van der Waals surface area contributed by atoms with Crippen molar-refractivity contribution in [2.45, 2.75) is 44.8 Å². The number of hydrogen-bond acceptors (Lipinski definition) is 3. The maximum Gasteiger partial charge on any atom is 0.0885 e. The largest absolute Gasteiger partial charge is 0.381 e. The highest BCUT2D eigenvalue weighted by Gasteiger charge is 2.38. The zero-order valence-electron chi connectivity index (χ0n) is 9.71. The minimum Gasteiger partial charge on any atom is -0.381 e. The van der Waals surface area contributed by atoms with Crippen molar-refractivity contribution in [3.8, 4) is 11.8 Å². The molecule has 3 nitrogen and oxygen atoms in total. The van der Waals surface area contributed by atoms with Crippen LogP contribution in [0.1, 0.15) is 33.1 Å². The van der Waals surface area contributed by atoms with Gasteiger partial charge in [-0.3, -0.25) is 0 Å². The monoisotopic (exact) mass is 211 g/mol. The molecular formula is C12H21NO2. The molecule has 0 aromatic carbocycles. The van der Waals surface area contributed by atoms with Gasteiger partial charge in [0.05, 0.1) is 5.60 Å². The van der Waals surface area contributed by atoms with Gasteiger partial charge in [-0.25, -0.2) is 0 Å². The molecule has 0 bridgehead atoms. The van der Waals surface area contributed by atoms with Crippen LogP contribution in [0, 0.1) is 11.8 Å². The molecule has 0 amide bonds. The molecule has 0 saturated carbocycles. The third-order valence-electron chi connectivity index (χ3n) is 2.95. The Balaban J connectivity index is 2.63. The molecule has 1 aliphatic rings. The van der Waals surface area contributed by atoms with Gasteiger partial charge in [-0.2, -0.15) is 0 Å². The lowest BCUT2D eigenvalue weighted by Gasteiger charge is -2.40. The molecule has 15 heavy (non-hydrogen) atoms. The van der Waals surface area contributed by atoms with Gasteiger partial charge in [0.15, 0.2) is 0 Å². The second-order valence-electron chi connectivity index (χ2n) is 3.85. The standard InChI is InChI=1S/C12H21NO2/c1-3-5-6-11(13)12(15-4-2)7-9-14-10-8-12/h11H,4,6-10,13H2,1-2H3. The molecule has 1 fully saturated rings. The first-order valence-electron chi connectivity index (χ1n) is 5.62. The Morgan fingerprint density at radius 3 is 2.67 bits per heavy atom. The predicted molar refractivity (Wildman–Crippen MR) is 60.5 cm³/mol. The number of nitrogens with two attached hydrogens (primary N) is 1. The van der Waals surface area contributed by atoms with Gasteiger partial charge in [0.2, 0.25) is 0 Å². The molecule has 0 aliphatic carbocycles. The van der Waals surface area contributed by atoms with E-state index >= 15 is 0 Å². The first kappa shape index (κ1) is 12.5. The Morgan fingerprint density at radius 1 is 1.47 bits per heavy atom. The Kier molecular flexibility index (Phi) is 5.10. The Labute approximate surface area is 92.3 Å². The molecule has 1 saturated heterocycles. The summed E-state index contributed by atoms with van der Waals surface area (Å²) in [5.41, 5.74) is 5.96. The summed E-state index contributed by atoms with van der Waals surface area (Å²) in [5, 5.41) is 0. The molecule has 1 atom stereocenters. The molecule has 0 aromatic heterocycles. The van der Waals surface area contributed by atoms with Crippen LogP contribution in [0.4, 0.5) is 0 Å². The van der Waals surface area contributed by atoms with E-state index in [2.05, 4.69) is 11.8 Å². The molecule has 2 N–H and O–H groups in total. The van der Waals surface area contributed by atoms with Gasteiger partial charge in [0.25, 0.3) is 0 Å². The fourth-order valence-corrected chi connectivity index (χ4v) is 2.02. The Bertz CT molecular complexity index is 230. The summed E-state index contributed by atoms with van der Waals surface area (Å²) in [6.45, 7) is 6.03. The summed E-state index contributed by atoms with van der Waals surface area (Å²) in [6, 6.07) is -0.00574. The van der Waals surface area contributed by atoms with Gasteiger partial charge in [-0.05, 0) is 13.8 Å². The zero-order chi connectivity index (χ0) is 11.1. The van der Waals surface area contributed by atoms with Gasteiger partial charge in [0.1, 0.15) is 0 Å². The quantitative estimate of drug-likeness (QED) is 0.713. The van der Waals surface area contributed by atoms with Gasteiger partial charge >= 0.3 is 0 Å². The smallest absolute Gasteiger partial charge is 0.0885 e. The summed E-state index contributed by atoms with van der Waals surface area (Å²) < 4.78 is 11.2. The summed E-state index contributed by atoms with van der Waals surface area (Å²) in [5.74, 6) is 5.91. The van der Waals surface area contributed by atoms with Crippen LogP contribution in [0.25, 0.3) is 0 Å². The Morgan fingerprint density at radius 2 is 2.13 bits per heavy atom. The van der Waals surface area contributed by atoms with E-state index < -0.39 is 0 Å². The van der Waals surface area contributed by atoms with Gasteiger partial charge in [-0.1, -0.05) is 0 Å². The van der Waals surface area contributed by atoms with E-state index in [4.69, 9.17) is 15.2 Å². The molecule has 3 heteroatoms. The molecule has 86 valence electrons. The van der Waals surface area contributed by atoms with Crippen molar-refractivity contribution in [2.75, 3.05) is 19.8 Å². The molecule has 0 radical (unpaired) electrons. The lowest BCUT2D eigenvalue weighted by atomic mass is 9.85. The van der Waals surface area contributed by atoms with Gasteiger partial charge in [-0.15, -0.1) is 11.8 Å². The minimum atomic E-state index is -0.211. The van der Waals surface area contributed by atoms with Crippen molar-refractivity contribution in [3.05, 3.63) is 0 Å². The van der Waals surface area contributed by atoms with Gasteiger partial charge < -0.3 is 15.2 Å². The third-order valence-corrected chi connectivity index (χ3v) is 2.95. The number of hydrogen-bond donors (Lipinski definition) is 1. The van der Waals surface area contributed by atoms with E-state index in [1.165, 1.54) is 0 Å². The highest BCUT2D eigenvalue weighted by molar-refractivity contribution is 5.04. The van der Waals surface area contributed by atoms with Crippen LogP contribution in [0.2, 0.25) is 0 Å². The van der Waals surface area contributed by atoms with Crippen LogP contribution in [-0.4, -0.2) is 31.5 Å². The summed E-state index contributed by atoms with van der Waals surface area (Å²) in [7, 11) is 0. The van der Waals surface area contributed by atoms with E-state index in [0.717, 1.165) is 26.1 Å². The fraction of sp³-hybridized carbons (Fsp3) is 0.833. The van der Waals surface area contributed by atoms with Crippen LogP contribution in [0.5, 0.6) is 0 Å². The van der Waals surface area contributed by atoms with Crippen molar-refractivity contribution in [3.63, 3.8) is 0 Å². The molecule has 1 heterocycles. The number of ether oxygens (including phenoxy) is 2. The van der Waals surface area contributed by atoms with Crippen LogP contribution in [0.3, 0.4) is 0 Å². The second kappa shape index (κ2) is 6.12. The Hall–Kier alpha value is -0.560. The third kappa shape index (κ3) is 3.20. The van der Waals surface area contributed by atoms with Gasteiger partial charge in [0, 0.05) is 45.1 Å². The van der Waals surface area contributed by atoms with Crippen molar-refractivity contribution < 1.29 is 9.47 Å². The lowest BCUT2D eigenvalue weighted by Crippen LogP contribution is -2.53. The zero-order valence-corrected chi connectivity index (χ0v) is 9.71. The van der Waals surface area contributed by atoms with Crippen molar-refractivity contribution >= 4 is 0 Å². The van der Waals surface area contributed by atoms with Crippen LogP contribution in [0.15, 0.2) is 0 Å². The normalized spacial score (nSPS) is 21.5. The molecule has 1 rings (SSSR count). The highest BCUT2D eigenvalue weighted by Crippen LogP contribution is 2.29. The SMILES string of the molecule is CC#CCC(N)C1(OCC)CCOCC1. The summed E-state index contributed by atoms with van der Waals surface area (Å²) >= 11 is 0. The van der Waals surface area contributed by atoms with Crippen LogP contribution in [-0.2, 0) is 9.47 Å². The molecule has 1 aliphatic heterocycles. The van der Waals surface area contributed by atoms with E-state index in [-0.39, 0.29) is 11.6 Å². The second-order valence-corrected chi connectivity index (χ2v) is 3.85. The average Bonchev–Trinajstić information content (AvgIpc) is 2.27. The van der Waals surface area contributed by atoms with E-state index in [1.54, 1.807) is 0 Å². The first-order chi connectivity index (χ1) is 7.25. The highest BCUT2D eigenvalue weighted by atomic mass is 16.5. The van der Waals surface area contributed by atoms with Crippen molar-refractivity contribution in [1.82, 2.24) is 0 Å². The first-order valence-corrected chi connectivity index (χ1v) is 5.62. The van der Waals surface area contributed by atoms with Crippen molar-refractivity contribution in [2.24, 2.45) is 5.73 Å². The minimum absolute atomic E-state index is 0.00574. The molecular weight excluding hydrogens is 190 g/mol. The molecule has 1 unspecified atom stereocenters. The summed E-state index contributed by atoms with van der Waals surface area (Å²) in [6.07, 6.45) is 2.47. The number of rotatable bonds is 4. The van der Waals surface area contributed by atoms with Crippen LogP contribution < -0.4 is 5.73 Å². The molecule has 0 spiro atoms. The predicted octanol–water partition coefficient (Wildman–Crippen LogP) is 1.31. The van der Waals surface area contributed by atoms with E-state index in [0.29, 0.717) is 13.0 Å². The average molecular weight is 211 g/mol. The van der Waals surface area contributed by atoms with Crippen LogP contribution >= 0.6 is 0 Å². The fourth-order valence-electron chi connectivity index (χ4n) is 2.02. The van der Waals surface area contributed by atoms with Crippen molar-refractivity contribution in [1.29, 1.82) is 0 Å². The van der Waals surface area contributed by atoms with E-state index in [1.807, 2.05) is 13.8 Å².